The Kier molecular flexibility index (Phi) is 14.5. The second-order valence-electron chi connectivity index (χ2n) is 32.1. The molecular weight excluding hydrogens is 709 g/mol. The topological polar surface area (TPSA) is 0 Å². The average Bonchev–Trinajstić information content (AvgIpc) is 2.98. The monoisotopic (exact) mass is 829 g/mol. The maximum absolute atomic E-state index is 2.65. The summed E-state index contributed by atoms with van der Waals surface area (Å²) in [5, 5.41) is 0. The van der Waals surface area contributed by atoms with Gasteiger partial charge in [-0.05, 0) is 103 Å². The van der Waals surface area contributed by atoms with E-state index in [0.29, 0.717) is 0 Å². The van der Waals surface area contributed by atoms with Crippen molar-refractivity contribution in [2.75, 3.05) is 0 Å². The van der Waals surface area contributed by atoms with E-state index >= 15 is 0 Å². The minimum absolute atomic E-state index is 0.0124. The summed E-state index contributed by atoms with van der Waals surface area (Å²) in [4.78, 5) is 0. The fourth-order valence-electron chi connectivity index (χ4n) is 13.6. The van der Waals surface area contributed by atoms with Gasteiger partial charge in [-0.1, -0.05) is 277 Å². The predicted octanol–water partition coefficient (Wildman–Crippen LogP) is 20.5. The molecule has 0 aliphatic heterocycles. The smallest absolute Gasteiger partial charge is 0.0241 e. The van der Waals surface area contributed by atoms with E-state index in [2.05, 4.69) is 277 Å². The molecule has 0 atom stereocenters. The van der Waals surface area contributed by atoms with Crippen molar-refractivity contribution in [3.63, 3.8) is 0 Å². The quantitative estimate of drug-likeness (QED) is 0.145. The summed E-state index contributed by atoms with van der Waals surface area (Å²) in [5.74, 6) is 0. The molecule has 0 aromatic rings. The van der Waals surface area contributed by atoms with Crippen molar-refractivity contribution >= 4 is 0 Å². The van der Waals surface area contributed by atoms with Crippen LogP contribution in [0.3, 0.4) is 0 Å². The summed E-state index contributed by atoms with van der Waals surface area (Å²) in [6, 6.07) is 0. The van der Waals surface area contributed by atoms with Crippen LogP contribution in [0.5, 0.6) is 0 Å². The highest BCUT2D eigenvalue weighted by atomic mass is 14.8. The Morgan fingerprint density at radius 3 is 0.186 bits per heavy atom. The van der Waals surface area contributed by atoms with Crippen LogP contribution in [0.25, 0.3) is 0 Å². The maximum atomic E-state index is 2.65. The lowest BCUT2D eigenvalue weighted by Gasteiger charge is -2.74. The molecule has 356 valence electrons. The third kappa shape index (κ3) is 6.93. The van der Waals surface area contributed by atoms with Crippen molar-refractivity contribution in [3.05, 3.63) is 0 Å². The van der Waals surface area contributed by atoms with Gasteiger partial charge in [0.25, 0.3) is 0 Å². The van der Waals surface area contributed by atoms with Crippen LogP contribution in [-0.4, -0.2) is 0 Å². The molecule has 0 bridgehead atoms. The van der Waals surface area contributed by atoms with Gasteiger partial charge >= 0.3 is 0 Å². The summed E-state index contributed by atoms with van der Waals surface area (Å²) >= 11 is 0. The molecule has 59 heavy (non-hydrogen) atoms. The first-order valence-electron chi connectivity index (χ1n) is 24.5. The Labute approximate surface area is 378 Å². The molecule has 0 amide bonds. The highest BCUT2D eigenvalue weighted by molar-refractivity contribution is 5.20. The van der Waals surface area contributed by atoms with Crippen molar-refractivity contribution < 1.29 is 0 Å². The molecule has 0 rings (SSSR count). The molecule has 0 radical (unpaired) electrons. The van der Waals surface area contributed by atoms with Crippen LogP contribution in [0.15, 0.2) is 0 Å². The van der Waals surface area contributed by atoms with Crippen LogP contribution < -0.4 is 0 Å². The third-order valence-corrected chi connectivity index (χ3v) is 28.8. The summed E-state index contributed by atoms with van der Waals surface area (Å²) in [6.07, 6.45) is 0. The van der Waals surface area contributed by atoms with E-state index in [1.165, 1.54) is 0 Å². The molecule has 0 nitrogen and oxygen atoms in total. The van der Waals surface area contributed by atoms with Gasteiger partial charge in [-0.3, -0.25) is 0 Å². The van der Waals surface area contributed by atoms with Gasteiger partial charge in [-0.25, -0.2) is 0 Å². The number of rotatable bonds is 16. The minimum atomic E-state index is -0.0615. The lowest BCUT2D eigenvalue weighted by atomic mass is 9.30. The predicted molar refractivity (Wildman–Crippen MR) is 273 cm³/mol. The average molecular weight is 830 g/mol. The molecule has 0 aromatic heterocycles. The van der Waals surface area contributed by atoms with Crippen molar-refractivity contribution in [3.8, 4) is 0 Å². The Morgan fingerprint density at radius 2 is 0.136 bits per heavy atom. The first-order valence-corrected chi connectivity index (χ1v) is 24.5. The summed E-state index contributed by atoms with van der Waals surface area (Å²) in [6.45, 7) is 104. The van der Waals surface area contributed by atoms with Crippen LogP contribution in [0.4, 0.5) is 0 Å². The molecule has 0 aliphatic carbocycles. The third-order valence-electron chi connectivity index (χ3n) is 28.8. The molecule has 0 saturated heterocycles. The zero-order chi connectivity index (χ0) is 49.5. The summed E-state index contributed by atoms with van der Waals surface area (Å²) in [5.41, 5.74) is 0.216. The van der Waals surface area contributed by atoms with E-state index < -0.39 is 0 Å². The van der Waals surface area contributed by atoms with E-state index in [9.17, 15) is 0 Å². The summed E-state index contributed by atoms with van der Waals surface area (Å²) in [7, 11) is 0. The van der Waals surface area contributed by atoms with Gasteiger partial charge in [0.15, 0.2) is 0 Å². The van der Waals surface area contributed by atoms with Crippen molar-refractivity contribution in [1.29, 1.82) is 0 Å². The Morgan fingerprint density at radius 1 is 0.0847 bits per heavy atom. The number of hydrogen-bond acceptors (Lipinski definition) is 0. The molecule has 0 unspecified atom stereocenters. The minimum Gasteiger partial charge on any atom is -0.0596 e. The molecule has 0 heteroatoms. The van der Waals surface area contributed by atoms with E-state index in [-0.39, 0.29) is 103 Å². The van der Waals surface area contributed by atoms with Crippen LogP contribution in [0, 0.1) is 103 Å². The fourth-order valence-corrected chi connectivity index (χ4v) is 13.6. The van der Waals surface area contributed by atoms with E-state index in [4.69, 9.17) is 0 Å². The maximum Gasteiger partial charge on any atom is -0.0241 e. The van der Waals surface area contributed by atoms with Crippen LogP contribution in [0.2, 0.25) is 0 Å². The van der Waals surface area contributed by atoms with Gasteiger partial charge < -0.3 is 0 Å². The van der Waals surface area contributed by atoms with Gasteiger partial charge in [-0.2, -0.15) is 0 Å². The van der Waals surface area contributed by atoms with E-state index in [0.717, 1.165) is 0 Å². The first kappa shape index (κ1) is 59.0. The molecule has 0 saturated carbocycles. The van der Waals surface area contributed by atoms with Crippen LogP contribution >= 0.6 is 0 Å². The van der Waals surface area contributed by atoms with Crippen molar-refractivity contribution in [2.24, 2.45) is 103 Å². The second-order valence-corrected chi connectivity index (χ2v) is 32.1. The Bertz CT molecular complexity index is 1360. The van der Waals surface area contributed by atoms with Gasteiger partial charge in [0.05, 0.1) is 0 Å². The van der Waals surface area contributed by atoms with Crippen molar-refractivity contribution in [2.45, 2.75) is 277 Å². The molecule has 0 N–H and O–H groups in total. The van der Waals surface area contributed by atoms with Gasteiger partial charge in [0.1, 0.15) is 0 Å². The molecule has 0 spiro atoms. The Balaban J connectivity index is 7.92. The second kappa shape index (κ2) is 14.5. The lowest BCUT2D eigenvalue weighted by Crippen LogP contribution is -2.68. The largest absolute Gasteiger partial charge is 0.0596 e. The summed E-state index contributed by atoms with van der Waals surface area (Å²) < 4.78 is 0. The molecule has 0 aliphatic rings. The highest BCUT2D eigenvalue weighted by Crippen LogP contribution is 2.79. The zero-order valence-electron chi connectivity index (χ0n) is 49.5. The molecule has 0 heterocycles. The number of hydrogen-bond donors (Lipinski definition) is 0. The normalized spacial score (nSPS) is 17.5. The Hall–Kier alpha value is 0. The van der Waals surface area contributed by atoms with Crippen LogP contribution in [-0.2, 0) is 0 Å². The van der Waals surface area contributed by atoms with Crippen LogP contribution in [0.1, 0.15) is 277 Å². The van der Waals surface area contributed by atoms with Gasteiger partial charge in [0.2, 0.25) is 0 Å². The van der Waals surface area contributed by atoms with Gasteiger partial charge in [-0.15, -0.1) is 0 Å². The standard InChI is InChI=1S/C59H120/c1-41(2,3)43(7,8)45(11,12)47(15,16)49(19,20)51(23,24)53(27,28)55(31,32)57(35,36)59(39,40)58(37,38)56(33,34)54(29,30)52(25,26)50(21,22)48(17,18)46(13,14)44(9,10)42(4,5)6/h1-40H3. The molecular formula is C59H120. The highest BCUT2D eigenvalue weighted by Gasteiger charge is 2.72. The van der Waals surface area contributed by atoms with E-state index in [1.54, 1.807) is 0 Å². The first-order chi connectivity index (χ1) is 24.5. The fraction of sp³-hybridized carbons (Fsp3) is 1.00. The van der Waals surface area contributed by atoms with E-state index in [1.807, 2.05) is 0 Å². The zero-order valence-corrected chi connectivity index (χ0v) is 49.5. The van der Waals surface area contributed by atoms with Crippen molar-refractivity contribution in [1.82, 2.24) is 0 Å². The van der Waals surface area contributed by atoms with Gasteiger partial charge in [0, 0.05) is 0 Å². The SMILES string of the molecule is CC(C)(C)C(C)(C)C(C)(C)C(C)(C)C(C)(C)C(C)(C)C(C)(C)C(C)(C)C(C)(C)C(C)(C)C(C)(C)C(C)(C)C(C)(C)C(C)(C)C(C)(C)C(C)(C)C(C)(C)C(C)(C)C(C)(C)C. The molecule has 0 fully saturated rings. The lowest BCUT2D eigenvalue weighted by molar-refractivity contribution is -0.265. The molecule has 0 aromatic carbocycles.